The molecule has 0 bridgehead atoms. The predicted octanol–water partition coefficient (Wildman–Crippen LogP) is 1.98. The smallest absolute Gasteiger partial charge is 0.161 e. The van der Waals surface area contributed by atoms with Crippen LogP contribution >= 0.6 is 11.6 Å². The minimum atomic E-state index is 0.133. The fraction of sp³-hybridized carbons (Fsp3) is 0.333. The highest BCUT2D eigenvalue weighted by molar-refractivity contribution is 6.17. The lowest BCUT2D eigenvalue weighted by molar-refractivity contribution is 0.131. The fourth-order valence-electron chi connectivity index (χ4n) is 0.844. The van der Waals surface area contributed by atoms with Crippen LogP contribution in [0.1, 0.15) is 0 Å². The largest absolute Gasteiger partial charge is 0.504 e. The normalized spacial score (nSPS) is 9.92. The molecule has 0 heterocycles. The van der Waals surface area contributed by atoms with Crippen LogP contribution in [0.25, 0.3) is 0 Å². The van der Waals surface area contributed by atoms with Gasteiger partial charge in [-0.15, -0.1) is 0 Å². The highest BCUT2D eigenvalue weighted by Gasteiger charge is 1.98. The first-order valence-electron chi connectivity index (χ1n) is 3.89. The van der Waals surface area contributed by atoms with Gasteiger partial charge in [0, 0.05) is 0 Å². The minimum absolute atomic E-state index is 0.133. The summed E-state index contributed by atoms with van der Waals surface area (Å²) in [5.74, 6) is 0.592. The molecule has 0 aliphatic rings. The van der Waals surface area contributed by atoms with Crippen molar-refractivity contribution < 1.29 is 14.6 Å². The Morgan fingerprint density at radius 3 is 2.69 bits per heavy atom. The molecule has 0 aliphatic carbocycles. The van der Waals surface area contributed by atoms with Crippen LogP contribution in [-0.4, -0.2) is 24.4 Å². The zero-order valence-electron chi connectivity index (χ0n) is 7.07. The van der Waals surface area contributed by atoms with E-state index in [-0.39, 0.29) is 11.8 Å². The van der Waals surface area contributed by atoms with Crippen LogP contribution in [-0.2, 0) is 4.74 Å². The van der Waals surface area contributed by atoms with Crippen LogP contribution in [0, 0.1) is 0 Å². The number of halogens is 1. The minimum Gasteiger partial charge on any atom is -0.504 e. The molecule has 4 heteroatoms. The topological polar surface area (TPSA) is 38.7 Å². The highest BCUT2D eigenvalue weighted by atomic mass is 35.5. The quantitative estimate of drug-likeness (QED) is 0.586. The average Bonchev–Trinajstić information content (AvgIpc) is 2.15. The second-order valence-corrected chi connectivity index (χ2v) is 2.55. The molecule has 1 aromatic rings. The number of rotatable bonds is 5. The maximum absolute atomic E-state index is 9.28. The average molecular weight is 203 g/mol. The van der Waals surface area contributed by atoms with Crippen molar-refractivity contribution in [3.63, 3.8) is 0 Å². The van der Waals surface area contributed by atoms with Crippen LogP contribution in [0.15, 0.2) is 24.3 Å². The third-order valence-corrected chi connectivity index (χ3v) is 1.58. The van der Waals surface area contributed by atoms with Crippen LogP contribution < -0.4 is 4.74 Å². The number of para-hydroxylation sites is 2. The Balaban J connectivity index is 2.32. The van der Waals surface area contributed by atoms with Gasteiger partial charge < -0.3 is 14.6 Å². The monoisotopic (exact) mass is 202 g/mol. The summed E-state index contributed by atoms with van der Waals surface area (Å²) in [6, 6.07) is 6.94. The van der Waals surface area contributed by atoms with Crippen LogP contribution in [0.2, 0.25) is 0 Å². The van der Waals surface area contributed by atoms with E-state index >= 15 is 0 Å². The standard InChI is InChI=1S/C9H11ClO3/c10-7-12-5-6-13-9-4-2-1-3-8(9)11/h1-4,11H,5-7H2. The zero-order chi connectivity index (χ0) is 9.52. The van der Waals surface area contributed by atoms with E-state index in [2.05, 4.69) is 0 Å². The maximum atomic E-state index is 9.28. The van der Waals surface area contributed by atoms with E-state index in [1.54, 1.807) is 24.3 Å². The first-order valence-corrected chi connectivity index (χ1v) is 4.42. The molecule has 0 spiro atoms. The second-order valence-electron chi connectivity index (χ2n) is 2.33. The summed E-state index contributed by atoms with van der Waals surface area (Å²) in [7, 11) is 0. The van der Waals surface area contributed by atoms with Gasteiger partial charge in [-0.1, -0.05) is 23.7 Å². The summed E-state index contributed by atoms with van der Waals surface area (Å²) in [6.45, 7) is 0.794. The Morgan fingerprint density at radius 1 is 1.23 bits per heavy atom. The molecule has 0 unspecified atom stereocenters. The Hall–Kier alpha value is -0.930. The van der Waals surface area contributed by atoms with Crippen molar-refractivity contribution in [1.29, 1.82) is 0 Å². The Bertz CT molecular complexity index is 252. The molecule has 0 aromatic heterocycles. The lowest BCUT2D eigenvalue weighted by Crippen LogP contribution is -2.05. The molecule has 0 saturated heterocycles. The van der Waals surface area contributed by atoms with Crippen molar-refractivity contribution in [2.75, 3.05) is 19.3 Å². The second kappa shape index (κ2) is 5.67. The van der Waals surface area contributed by atoms with Gasteiger partial charge in [-0.25, -0.2) is 0 Å². The van der Waals surface area contributed by atoms with Gasteiger partial charge in [0.15, 0.2) is 11.5 Å². The maximum Gasteiger partial charge on any atom is 0.161 e. The molecule has 72 valence electrons. The molecular weight excluding hydrogens is 192 g/mol. The fourth-order valence-corrected chi connectivity index (χ4v) is 0.953. The van der Waals surface area contributed by atoms with Gasteiger partial charge in [0.1, 0.15) is 12.7 Å². The number of alkyl halides is 1. The predicted molar refractivity (Wildman–Crippen MR) is 50.3 cm³/mol. The first-order chi connectivity index (χ1) is 6.34. The molecular formula is C9H11ClO3. The molecule has 0 radical (unpaired) electrons. The van der Waals surface area contributed by atoms with Gasteiger partial charge in [-0.05, 0) is 12.1 Å². The molecule has 3 nitrogen and oxygen atoms in total. The first kappa shape index (κ1) is 10.2. The van der Waals surface area contributed by atoms with Crippen molar-refractivity contribution >= 4 is 11.6 Å². The Labute approximate surface area is 81.9 Å². The molecule has 0 saturated carbocycles. The number of hydrogen-bond donors (Lipinski definition) is 1. The van der Waals surface area contributed by atoms with Crippen LogP contribution in [0.3, 0.4) is 0 Å². The van der Waals surface area contributed by atoms with E-state index in [0.717, 1.165) is 0 Å². The molecule has 13 heavy (non-hydrogen) atoms. The number of hydrogen-bond acceptors (Lipinski definition) is 3. The molecule has 0 atom stereocenters. The molecule has 0 aliphatic heterocycles. The van der Waals surface area contributed by atoms with Gasteiger partial charge in [-0.2, -0.15) is 0 Å². The summed E-state index contributed by atoms with van der Waals surface area (Å²) in [5.41, 5.74) is 0. The van der Waals surface area contributed by atoms with Gasteiger partial charge in [-0.3, -0.25) is 0 Å². The van der Waals surface area contributed by atoms with Crippen molar-refractivity contribution in [3.8, 4) is 11.5 Å². The van der Waals surface area contributed by atoms with E-state index in [1.165, 1.54) is 0 Å². The summed E-state index contributed by atoms with van der Waals surface area (Å²) in [4.78, 5) is 0. The van der Waals surface area contributed by atoms with Gasteiger partial charge >= 0.3 is 0 Å². The molecule has 1 aromatic carbocycles. The third-order valence-electron chi connectivity index (χ3n) is 1.43. The highest BCUT2D eigenvalue weighted by Crippen LogP contribution is 2.23. The number of aromatic hydroxyl groups is 1. The molecule has 1 N–H and O–H groups in total. The van der Waals surface area contributed by atoms with Crippen LogP contribution in [0.4, 0.5) is 0 Å². The number of phenolic OH excluding ortho intramolecular Hbond substituents is 1. The molecule has 0 fully saturated rings. The lowest BCUT2D eigenvalue weighted by atomic mass is 10.3. The van der Waals surface area contributed by atoms with Crippen molar-refractivity contribution in [2.45, 2.75) is 0 Å². The van der Waals surface area contributed by atoms with Crippen molar-refractivity contribution in [1.82, 2.24) is 0 Å². The van der Waals surface area contributed by atoms with E-state index in [9.17, 15) is 5.11 Å². The van der Waals surface area contributed by atoms with E-state index < -0.39 is 0 Å². The molecule has 0 amide bonds. The van der Waals surface area contributed by atoms with Gasteiger partial charge in [0.25, 0.3) is 0 Å². The van der Waals surface area contributed by atoms with Crippen molar-refractivity contribution in [3.05, 3.63) is 24.3 Å². The number of phenols is 1. The van der Waals surface area contributed by atoms with Gasteiger partial charge in [0.2, 0.25) is 0 Å². The third kappa shape index (κ3) is 3.53. The SMILES string of the molecule is Oc1ccccc1OCCOCCl. The van der Waals surface area contributed by atoms with Crippen LogP contribution in [0.5, 0.6) is 11.5 Å². The summed E-state index contributed by atoms with van der Waals surface area (Å²) < 4.78 is 10.1. The van der Waals surface area contributed by atoms with E-state index in [1.807, 2.05) is 0 Å². The number of ether oxygens (including phenoxy) is 2. The summed E-state index contributed by atoms with van der Waals surface area (Å²) >= 11 is 5.29. The Morgan fingerprint density at radius 2 is 2.00 bits per heavy atom. The summed E-state index contributed by atoms with van der Waals surface area (Å²) in [6.07, 6.45) is 0. The molecule has 1 rings (SSSR count). The zero-order valence-corrected chi connectivity index (χ0v) is 7.83. The van der Waals surface area contributed by atoms with E-state index in [0.29, 0.717) is 19.0 Å². The van der Waals surface area contributed by atoms with Gasteiger partial charge in [0.05, 0.1) is 6.61 Å². The Kier molecular flexibility index (Phi) is 4.43. The summed E-state index contributed by atoms with van der Waals surface area (Å²) in [5, 5.41) is 9.28. The lowest BCUT2D eigenvalue weighted by Gasteiger charge is -2.06. The number of benzene rings is 1. The van der Waals surface area contributed by atoms with Crippen molar-refractivity contribution in [2.24, 2.45) is 0 Å². The van der Waals surface area contributed by atoms with E-state index in [4.69, 9.17) is 21.1 Å².